The van der Waals surface area contributed by atoms with Crippen LogP contribution in [0.5, 0.6) is 11.5 Å². The van der Waals surface area contributed by atoms with E-state index in [9.17, 15) is 0 Å². The van der Waals surface area contributed by atoms with Gasteiger partial charge in [-0.1, -0.05) is 0 Å². The smallest absolute Gasteiger partial charge is 0.174 e. The molecule has 4 rings (SSSR count). The molecule has 1 aliphatic rings. The molecular weight excluding hydrogens is 354 g/mol. The zero-order chi connectivity index (χ0) is 19.7. The van der Waals surface area contributed by atoms with E-state index in [0.29, 0.717) is 0 Å². The van der Waals surface area contributed by atoms with E-state index in [-0.39, 0.29) is 6.04 Å². The van der Waals surface area contributed by atoms with Crippen molar-refractivity contribution < 1.29 is 9.47 Å². The SMILES string of the molecule is COc1ccc(C2CCCN2c2cncc(-n3nc(C)cc3C)n2)c(OC)c1. The standard InChI is InChI=1S/C21H25N5O2/c1-14-10-15(2)26(24-14)21-13-22-12-20(23-21)25-9-5-6-18(25)17-8-7-16(27-3)11-19(17)28-4/h7-8,10-13,18H,5-6,9H2,1-4H3. The fourth-order valence-corrected chi connectivity index (χ4v) is 3.90. The van der Waals surface area contributed by atoms with Crippen LogP contribution in [-0.4, -0.2) is 40.5 Å². The average molecular weight is 379 g/mol. The number of benzene rings is 1. The Bertz CT molecular complexity index is 985. The third kappa shape index (κ3) is 3.28. The fraction of sp³-hybridized carbons (Fsp3) is 0.381. The van der Waals surface area contributed by atoms with Gasteiger partial charge in [-0.15, -0.1) is 0 Å². The Morgan fingerprint density at radius 3 is 2.57 bits per heavy atom. The predicted octanol–water partition coefficient (Wildman–Crippen LogP) is 3.64. The summed E-state index contributed by atoms with van der Waals surface area (Å²) in [5.41, 5.74) is 3.14. The van der Waals surface area contributed by atoms with Crippen molar-refractivity contribution in [1.29, 1.82) is 0 Å². The molecule has 0 bridgehead atoms. The monoisotopic (exact) mass is 379 g/mol. The molecular formula is C21H25N5O2. The summed E-state index contributed by atoms with van der Waals surface area (Å²) in [6.45, 7) is 4.93. The highest BCUT2D eigenvalue weighted by molar-refractivity contribution is 5.50. The highest BCUT2D eigenvalue weighted by atomic mass is 16.5. The maximum absolute atomic E-state index is 5.64. The molecule has 146 valence electrons. The lowest BCUT2D eigenvalue weighted by Gasteiger charge is -2.27. The van der Waals surface area contributed by atoms with Crippen molar-refractivity contribution in [3.05, 3.63) is 53.6 Å². The van der Waals surface area contributed by atoms with Crippen LogP contribution < -0.4 is 14.4 Å². The molecule has 0 amide bonds. The molecule has 1 aromatic carbocycles. The molecule has 1 atom stereocenters. The number of methoxy groups -OCH3 is 2. The first-order valence-corrected chi connectivity index (χ1v) is 9.45. The summed E-state index contributed by atoms with van der Waals surface area (Å²) >= 11 is 0. The molecule has 0 spiro atoms. The van der Waals surface area contributed by atoms with Gasteiger partial charge >= 0.3 is 0 Å². The Morgan fingerprint density at radius 1 is 1.04 bits per heavy atom. The highest BCUT2D eigenvalue weighted by Gasteiger charge is 2.30. The van der Waals surface area contributed by atoms with E-state index in [4.69, 9.17) is 14.5 Å². The van der Waals surface area contributed by atoms with Crippen molar-refractivity contribution in [3.63, 3.8) is 0 Å². The Labute approximate surface area is 164 Å². The summed E-state index contributed by atoms with van der Waals surface area (Å²) in [6.07, 6.45) is 5.70. The van der Waals surface area contributed by atoms with Gasteiger partial charge < -0.3 is 14.4 Å². The van der Waals surface area contributed by atoms with E-state index in [0.717, 1.165) is 59.5 Å². The van der Waals surface area contributed by atoms with Gasteiger partial charge in [0, 0.05) is 23.9 Å². The van der Waals surface area contributed by atoms with Gasteiger partial charge in [0.25, 0.3) is 0 Å². The minimum absolute atomic E-state index is 0.186. The lowest BCUT2D eigenvalue weighted by Crippen LogP contribution is -2.24. The molecule has 0 radical (unpaired) electrons. The number of hydrogen-bond donors (Lipinski definition) is 0. The van der Waals surface area contributed by atoms with Gasteiger partial charge in [-0.3, -0.25) is 4.98 Å². The van der Waals surface area contributed by atoms with Crippen LogP contribution in [0.15, 0.2) is 36.7 Å². The second-order valence-electron chi connectivity index (χ2n) is 7.03. The molecule has 1 aliphatic heterocycles. The van der Waals surface area contributed by atoms with Gasteiger partial charge in [0.05, 0.1) is 38.3 Å². The summed E-state index contributed by atoms with van der Waals surface area (Å²) in [4.78, 5) is 11.6. The summed E-state index contributed by atoms with van der Waals surface area (Å²) in [6, 6.07) is 8.22. The first kappa shape index (κ1) is 18.3. The van der Waals surface area contributed by atoms with Gasteiger partial charge in [0.15, 0.2) is 5.82 Å². The van der Waals surface area contributed by atoms with Crippen LogP contribution in [0.4, 0.5) is 5.82 Å². The maximum Gasteiger partial charge on any atom is 0.174 e. The Hall–Kier alpha value is -3.09. The summed E-state index contributed by atoms with van der Waals surface area (Å²) in [7, 11) is 3.36. The first-order chi connectivity index (χ1) is 13.6. The molecule has 7 nitrogen and oxygen atoms in total. The fourth-order valence-electron chi connectivity index (χ4n) is 3.90. The number of aromatic nitrogens is 4. The number of ether oxygens (including phenoxy) is 2. The molecule has 0 aliphatic carbocycles. The Kier molecular flexibility index (Phi) is 4.90. The van der Waals surface area contributed by atoms with Crippen molar-refractivity contribution in [1.82, 2.24) is 19.7 Å². The third-order valence-corrected chi connectivity index (χ3v) is 5.18. The largest absolute Gasteiger partial charge is 0.497 e. The highest BCUT2D eigenvalue weighted by Crippen LogP contribution is 2.40. The van der Waals surface area contributed by atoms with Crippen LogP contribution in [0.2, 0.25) is 0 Å². The number of hydrogen-bond acceptors (Lipinski definition) is 6. The summed E-state index contributed by atoms with van der Waals surface area (Å²) < 4.78 is 12.8. The number of anilines is 1. The molecule has 1 unspecified atom stereocenters. The van der Waals surface area contributed by atoms with Crippen LogP contribution in [-0.2, 0) is 0 Å². The first-order valence-electron chi connectivity index (χ1n) is 9.45. The number of nitrogens with zero attached hydrogens (tertiary/aromatic N) is 5. The molecule has 0 N–H and O–H groups in total. The second-order valence-corrected chi connectivity index (χ2v) is 7.03. The zero-order valence-electron chi connectivity index (χ0n) is 16.7. The maximum atomic E-state index is 5.64. The minimum atomic E-state index is 0.186. The molecule has 1 saturated heterocycles. The van der Waals surface area contributed by atoms with E-state index >= 15 is 0 Å². The van der Waals surface area contributed by atoms with Crippen LogP contribution in [0, 0.1) is 13.8 Å². The summed E-state index contributed by atoms with van der Waals surface area (Å²) in [5.74, 6) is 3.20. The quantitative estimate of drug-likeness (QED) is 0.674. The van der Waals surface area contributed by atoms with Crippen LogP contribution in [0.25, 0.3) is 5.82 Å². The van der Waals surface area contributed by atoms with Gasteiger partial charge in [-0.2, -0.15) is 5.10 Å². The zero-order valence-corrected chi connectivity index (χ0v) is 16.7. The molecule has 3 heterocycles. The number of aryl methyl sites for hydroxylation is 2. The van der Waals surface area contributed by atoms with Crippen molar-refractivity contribution >= 4 is 5.82 Å². The third-order valence-electron chi connectivity index (χ3n) is 5.18. The second kappa shape index (κ2) is 7.50. The molecule has 28 heavy (non-hydrogen) atoms. The van der Waals surface area contributed by atoms with Crippen LogP contribution >= 0.6 is 0 Å². The minimum Gasteiger partial charge on any atom is -0.497 e. The van der Waals surface area contributed by atoms with Gasteiger partial charge in [0.2, 0.25) is 0 Å². The molecule has 2 aromatic heterocycles. The van der Waals surface area contributed by atoms with Crippen LogP contribution in [0.3, 0.4) is 0 Å². The Morgan fingerprint density at radius 2 is 1.86 bits per heavy atom. The lowest BCUT2D eigenvalue weighted by atomic mass is 10.0. The van der Waals surface area contributed by atoms with Crippen molar-refractivity contribution in [2.75, 3.05) is 25.7 Å². The molecule has 0 saturated carbocycles. The predicted molar refractivity (Wildman–Crippen MR) is 107 cm³/mol. The summed E-state index contributed by atoms with van der Waals surface area (Å²) in [5, 5.41) is 4.53. The Balaban J connectivity index is 1.70. The topological polar surface area (TPSA) is 65.3 Å². The van der Waals surface area contributed by atoms with E-state index in [2.05, 4.69) is 21.0 Å². The molecule has 1 fully saturated rings. The van der Waals surface area contributed by atoms with E-state index in [1.54, 1.807) is 20.4 Å². The van der Waals surface area contributed by atoms with Gasteiger partial charge in [0.1, 0.15) is 17.3 Å². The lowest BCUT2D eigenvalue weighted by molar-refractivity contribution is 0.388. The van der Waals surface area contributed by atoms with Crippen molar-refractivity contribution in [2.24, 2.45) is 0 Å². The van der Waals surface area contributed by atoms with Crippen molar-refractivity contribution in [2.45, 2.75) is 32.7 Å². The number of rotatable bonds is 5. The van der Waals surface area contributed by atoms with Crippen LogP contribution in [0.1, 0.15) is 35.8 Å². The molecule has 7 heteroatoms. The van der Waals surface area contributed by atoms with E-state index in [1.165, 1.54) is 0 Å². The average Bonchev–Trinajstić information content (AvgIpc) is 3.33. The molecule has 3 aromatic rings. The van der Waals surface area contributed by atoms with Gasteiger partial charge in [-0.25, -0.2) is 9.67 Å². The van der Waals surface area contributed by atoms with Gasteiger partial charge in [-0.05, 0) is 44.9 Å². The van der Waals surface area contributed by atoms with E-state index in [1.807, 2.05) is 42.9 Å². The van der Waals surface area contributed by atoms with Crippen molar-refractivity contribution in [3.8, 4) is 17.3 Å². The van der Waals surface area contributed by atoms with E-state index < -0.39 is 0 Å². The normalized spacial score (nSPS) is 16.4.